The molecule has 1 aliphatic heterocycles. The largest absolute Gasteiger partial charge is 0.356 e. The Hall–Kier alpha value is -1.88. The number of hydrogen-bond donors (Lipinski definition) is 2. The van der Waals surface area contributed by atoms with Crippen molar-refractivity contribution in [2.75, 3.05) is 31.5 Å². The van der Waals surface area contributed by atoms with E-state index in [0.717, 1.165) is 31.6 Å². The van der Waals surface area contributed by atoms with Crippen LogP contribution < -0.4 is 10.6 Å². The summed E-state index contributed by atoms with van der Waals surface area (Å²) in [4.78, 5) is 25.8. The molecule has 1 fully saturated rings. The highest BCUT2D eigenvalue weighted by molar-refractivity contribution is 5.92. The van der Waals surface area contributed by atoms with Crippen molar-refractivity contribution in [3.05, 3.63) is 30.3 Å². The fourth-order valence-corrected chi connectivity index (χ4v) is 2.60. The second-order valence-corrected chi connectivity index (χ2v) is 5.36. The second-order valence-electron chi connectivity index (χ2n) is 5.36. The van der Waals surface area contributed by atoms with E-state index in [1.165, 1.54) is 0 Å². The van der Waals surface area contributed by atoms with Gasteiger partial charge in [0.05, 0.1) is 6.54 Å². The maximum absolute atomic E-state index is 12.0. The van der Waals surface area contributed by atoms with Crippen molar-refractivity contribution in [3.8, 4) is 0 Å². The topological polar surface area (TPSA) is 61.4 Å². The van der Waals surface area contributed by atoms with Crippen LogP contribution in [0.1, 0.15) is 19.8 Å². The maximum Gasteiger partial charge on any atom is 0.238 e. The number of nitrogens with zero attached hydrogens (tertiary/aromatic N) is 1. The molecule has 0 saturated carbocycles. The van der Waals surface area contributed by atoms with Crippen LogP contribution in [0, 0.1) is 5.92 Å². The lowest BCUT2D eigenvalue weighted by atomic mass is 9.96. The second kappa shape index (κ2) is 7.78. The molecule has 0 bridgehead atoms. The molecule has 0 aromatic heterocycles. The van der Waals surface area contributed by atoms with Crippen molar-refractivity contribution in [2.24, 2.45) is 5.92 Å². The first-order valence-corrected chi connectivity index (χ1v) is 7.54. The summed E-state index contributed by atoms with van der Waals surface area (Å²) >= 11 is 0. The van der Waals surface area contributed by atoms with E-state index in [0.29, 0.717) is 13.1 Å². The standard InChI is InChI=1S/C16H23N3O2/c1-2-17-16(21)13-8-10-19(11-9-13)12-15(20)18-14-6-4-3-5-7-14/h3-7,13H,2,8-12H2,1H3,(H,17,21)(H,18,20). The van der Waals surface area contributed by atoms with Gasteiger partial charge < -0.3 is 10.6 Å². The van der Waals surface area contributed by atoms with Crippen LogP contribution in [0.2, 0.25) is 0 Å². The number of nitrogens with one attached hydrogen (secondary N) is 2. The third-order valence-electron chi connectivity index (χ3n) is 3.73. The number of likely N-dealkylation sites (tertiary alicyclic amines) is 1. The third kappa shape index (κ3) is 4.86. The van der Waals surface area contributed by atoms with Gasteiger partial charge >= 0.3 is 0 Å². The van der Waals surface area contributed by atoms with Crippen molar-refractivity contribution in [3.63, 3.8) is 0 Å². The van der Waals surface area contributed by atoms with Crippen molar-refractivity contribution >= 4 is 17.5 Å². The predicted octanol–water partition coefficient (Wildman–Crippen LogP) is 1.47. The number of hydrogen-bond acceptors (Lipinski definition) is 3. The molecule has 0 aliphatic carbocycles. The van der Waals surface area contributed by atoms with Gasteiger partial charge in [-0.2, -0.15) is 0 Å². The highest BCUT2D eigenvalue weighted by atomic mass is 16.2. The Morgan fingerprint density at radius 3 is 2.48 bits per heavy atom. The fraction of sp³-hybridized carbons (Fsp3) is 0.500. The summed E-state index contributed by atoms with van der Waals surface area (Å²) in [6.07, 6.45) is 1.65. The van der Waals surface area contributed by atoms with Crippen molar-refractivity contribution in [1.29, 1.82) is 0 Å². The minimum atomic E-state index is -0.00217. The Morgan fingerprint density at radius 1 is 1.19 bits per heavy atom. The number of piperidine rings is 1. The number of rotatable bonds is 5. The maximum atomic E-state index is 12.0. The van der Waals surface area contributed by atoms with Gasteiger partial charge in [-0.1, -0.05) is 18.2 Å². The smallest absolute Gasteiger partial charge is 0.238 e. The first-order chi connectivity index (χ1) is 10.2. The summed E-state index contributed by atoms with van der Waals surface area (Å²) in [5, 5.41) is 5.75. The first kappa shape index (κ1) is 15.5. The number of benzene rings is 1. The van der Waals surface area contributed by atoms with Gasteiger partial charge in [0.2, 0.25) is 11.8 Å². The summed E-state index contributed by atoms with van der Waals surface area (Å²) in [5.74, 6) is 0.238. The molecule has 0 spiro atoms. The monoisotopic (exact) mass is 289 g/mol. The normalized spacial score (nSPS) is 16.4. The Bertz CT molecular complexity index is 468. The average molecular weight is 289 g/mol. The highest BCUT2D eigenvalue weighted by Crippen LogP contribution is 2.17. The molecule has 5 nitrogen and oxygen atoms in total. The summed E-state index contributed by atoms with van der Waals surface area (Å²) in [5.41, 5.74) is 0.819. The highest BCUT2D eigenvalue weighted by Gasteiger charge is 2.25. The van der Waals surface area contributed by atoms with E-state index in [4.69, 9.17) is 0 Å². The Morgan fingerprint density at radius 2 is 1.86 bits per heavy atom. The number of para-hydroxylation sites is 1. The molecule has 1 aromatic rings. The van der Waals surface area contributed by atoms with E-state index in [-0.39, 0.29) is 17.7 Å². The molecule has 2 rings (SSSR count). The van der Waals surface area contributed by atoms with Crippen LogP contribution in [-0.4, -0.2) is 42.9 Å². The molecule has 0 unspecified atom stereocenters. The van der Waals surface area contributed by atoms with Crippen LogP contribution in [0.4, 0.5) is 5.69 Å². The summed E-state index contributed by atoms with van der Waals surface area (Å²) in [6, 6.07) is 9.46. The molecule has 2 amide bonds. The lowest BCUT2D eigenvalue weighted by Gasteiger charge is -2.30. The minimum absolute atomic E-state index is 0.00217. The van der Waals surface area contributed by atoms with E-state index in [1.54, 1.807) is 0 Å². The van der Waals surface area contributed by atoms with Gasteiger partial charge in [0, 0.05) is 18.2 Å². The Kier molecular flexibility index (Phi) is 5.75. The molecule has 0 atom stereocenters. The van der Waals surface area contributed by atoms with Crippen molar-refractivity contribution in [1.82, 2.24) is 10.2 Å². The molecule has 5 heteroatoms. The van der Waals surface area contributed by atoms with Crippen LogP contribution in [-0.2, 0) is 9.59 Å². The number of carbonyl (C=O) groups excluding carboxylic acids is 2. The van der Waals surface area contributed by atoms with Crippen LogP contribution in [0.3, 0.4) is 0 Å². The van der Waals surface area contributed by atoms with Gasteiger partial charge in [0.15, 0.2) is 0 Å². The van der Waals surface area contributed by atoms with Crippen molar-refractivity contribution in [2.45, 2.75) is 19.8 Å². The van der Waals surface area contributed by atoms with Crippen molar-refractivity contribution < 1.29 is 9.59 Å². The molecule has 2 N–H and O–H groups in total. The molecular weight excluding hydrogens is 266 g/mol. The molecule has 0 radical (unpaired) electrons. The average Bonchev–Trinajstić information content (AvgIpc) is 2.49. The van der Waals surface area contributed by atoms with Gasteiger partial charge in [-0.15, -0.1) is 0 Å². The third-order valence-corrected chi connectivity index (χ3v) is 3.73. The van der Waals surface area contributed by atoms with E-state index in [1.807, 2.05) is 37.3 Å². The van der Waals surface area contributed by atoms with E-state index in [2.05, 4.69) is 15.5 Å². The van der Waals surface area contributed by atoms with E-state index >= 15 is 0 Å². The first-order valence-electron chi connectivity index (χ1n) is 7.54. The zero-order valence-electron chi connectivity index (χ0n) is 12.5. The lowest BCUT2D eigenvalue weighted by Crippen LogP contribution is -2.43. The summed E-state index contributed by atoms with van der Waals surface area (Å²) in [6.45, 7) is 4.59. The van der Waals surface area contributed by atoms with Gasteiger partial charge in [-0.25, -0.2) is 0 Å². The van der Waals surface area contributed by atoms with Crippen LogP contribution in [0.25, 0.3) is 0 Å². The molecule has 1 aliphatic rings. The molecule has 114 valence electrons. The van der Waals surface area contributed by atoms with E-state index in [9.17, 15) is 9.59 Å². The predicted molar refractivity (Wildman–Crippen MR) is 82.9 cm³/mol. The Labute approximate surface area is 125 Å². The number of anilines is 1. The van der Waals surface area contributed by atoms with Gasteiger partial charge in [0.25, 0.3) is 0 Å². The van der Waals surface area contributed by atoms with Gasteiger partial charge in [-0.05, 0) is 45.0 Å². The van der Waals surface area contributed by atoms with Gasteiger partial charge in [-0.3, -0.25) is 14.5 Å². The number of carbonyl (C=O) groups is 2. The SMILES string of the molecule is CCNC(=O)C1CCN(CC(=O)Nc2ccccc2)CC1. The van der Waals surface area contributed by atoms with Crippen LogP contribution in [0.5, 0.6) is 0 Å². The summed E-state index contributed by atoms with van der Waals surface area (Å²) < 4.78 is 0. The molecule has 21 heavy (non-hydrogen) atoms. The van der Waals surface area contributed by atoms with Crippen LogP contribution >= 0.6 is 0 Å². The van der Waals surface area contributed by atoms with Gasteiger partial charge in [0.1, 0.15) is 0 Å². The molecule has 1 aromatic carbocycles. The fourth-order valence-electron chi connectivity index (χ4n) is 2.60. The minimum Gasteiger partial charge on any atom is -0.356 e. The molecule has 1 heterocycles. The zero-order chi connectivity index (χ0) is 15.1. The van der Waals surface area contributed by atoms with Crippen LogP contribution in [0.15, 0.2) is 30.3 Å². The van der Waals surface area contributed by atoms with E-state index < -0.39 is 0 Å². The molecule has 1 saturated heterocycles. The summed E-state index contributed by atoms with van der Waals surface area (Å²) in [7, 11) is 0. The zero-order valence-corrected chi connectivity index (χ0v) is 12.5. The molecular formula is C16H23N3O2. The number of amides is 2. The lowest BCUT2D eigenvalue weighted by molar-refractivity contribution is -0.126. The Balaban J connectivity index is 1.73. The quantitative estimate of drug-likeness (QED) is 0.863.